The van der Waals surface area contributed by atoms with E-state index in [1.165, 1.54) is 0 Å². The van der Waals surface area contributed by atoms with Crippen LogP contribution in [0.3, 0.4) is 0 Å². The maximum Gasteiger partial charge on any atom is 0.229 e. The number of rotatable bonds is 1. The predicted molar refractivity (Wildman–Crippen MR) is 65.6 cm³/mol. The minimum absolute atomic E-state index is 0.201. The van der Waals surface area contributed by atoms with E-state index in [-0.39, 0.29) is 11.3 Å². The second-order valence-electron chi connectivity index (χ2n) is 5.48. The fourth-order valence-electron chi connectivity index (χ4n) is 2.81. The van der Waals surface area contributed by atoms with Crippen LogP contribution in [0.25, 0.3) is 0 Å². The molecular formula is C12H19N5O. The molecule has 1 aromatic heterocycles. The van der Waals surface area contributed by atoms with Gasteiger partial charge in [-0.05, 0) is 25.9 Å². The van der Waals surface area contributed by atoms with Crippen molar-refractivity contribution in [1.29, 1.82) is 0 Å². The van der Waals surface area contributed by atoms with Crippen molar-refractivity contribution in [2.75, 3.05) is 19.6 Å². The number of carbonyl (C=O) groups excluding carboxylic acids is 1. The van der Waals surface area contributed by atoms with E-state index < -0.39 is 0 Å². The van der Waals surface area contributed by atoms with Crippen LogP contribution >= 0.6 is 0 Å². The molecule has 98 valence electrons. The summed E-state index contributed by atoms with van der Waals surface area (Å²) >= 11 is 0. The molecular weight excluding hydrogens is 230 g/mol. The Balaban J connectivity index is 1.74. The number of piperidine rings is 1. The van der Waals surface area contributed by atoms with Gasteiger partial charge >= 0.3 is 0 Å². The fourth-order valence-corrected chi connectivity index (χ4v) is 2.81. The highest BCUT2D eigenvalue weighted by Gasteiger charge is 2.38. The first-order valence-electron chi connectivity index (χ1n) is 6.56. The van der Waals surface area contributed by atoms with E-state index >= 15 is 0 Å². The molecule has 1 aromatic rings. The van der Waals surface area contributed by atoms with Gasteiger partial charge in [-0.25, -0.2) is 0 Å². The van der Waals surface area contributed by atoms with Crippen molar-refractivity contribution in [1.82, 2.24) is 25.0 Å². The Morgan fingerprint density at radius 2 is 2.17 bits per heavy atom. The Bertz CT molecular complexity index is 449. The lowest BCUT2D eigenvalue weighted by atomic mass is 9.79. The summed E-state index contributed by atoms with van der Waals surface area (Å²) < 4.78 is 2.02. The molecule has 0 spiro atoms. The number of aromatic nitrogens is 3. The minimum atomic E-state index is -0.201. The van der Waals surface area contributed by atoms with Crippen LogP contribution in [0.15, 0.2) is 6.33 Å². The standard InChI is InChI=1S/C12H19N5O/c1-12(2-4-13-5-3-12)11(18)16-6-7-17-9-14-15-10(17)8-16/h9,13H,2-8H2,1H3. The molecule has 1 N–H and O–H groups in total. The van der Waals surface area contributed by atoms with Gasteiger partial charge in [-0.1, -0.05) is 6.92 Å². The van der Waals surface area contributed by atoms with Crippen molar-refractivity contribution in [3.63, 3.8) is 0 Å². The Hall–Kier alpha value is -1.43. The van der Waals surface area contributed by atoms with Crippen LogP contribution in [0.2, 0.25) is 0 Å². The lowest BCUT2D eigenvalue weighted by molar-refractivity contribution is -0.144. The highest BCUT2D eigenvalue weighted by atomic mass is 16.2. The van der Waals surface area contributed by atoms with Crippen molar-refractivity contribution >= 4 is 5.91 Å². The molecule has 6 nitrogen and oxygen atoms in total. The summed E-state index contributed by atoms with van der Waals surface area (Å²) in [6.07, 6.45) is 3.59. The van der Waals surface area contributed by atoms with Gasteiger partial charge in [0.2, 0.25) is 5.91 Å². The van der Waals surface area contributed by atoms with E-state index in [1.54, 1.807) is 6.33 Å². The van der Waals surface area contributed by atoms with Gasteiger partial charge in [0.05, 0.1) is 6.54 Å². The topological polar surface area (TPSA) is 63.1 Å². The van der Waals surface area contributed by atoms with Crippen molar-refractivity contribution in [2.24, 2.45) is 5.41 Å². The number of carbonyl (C=O) groups is 1. The SMILES string of the molecule is CC1(C(=O)N2CCn3cnnc3C2)CCNCC1. The molecule has 2 aliphatic rings. The maximum atomic E-state index is 12.6. The Morgan fingerprint density at radius 3 is 2.94 bits per heavy atom. The average molecular weight is 249 g/mol. The second kappa shape index (κ2) is 4.35. The van der Waals surface area contributed by atoms with Crippen molar-refractivity contribution in [3.8, 4) is 0 Å². The molecule has 0 aromatic carbocycles. The van der Waals surface area contributed by atoms with Gasteiger partial charge in [0, 0.05) is 18.5 Å². The summed E-state index contributed by atoms with van der Waals surface area (Å²) in [5.74, 6) is 1.17. The molecule has 0 saturated carbocycles. The zero-order valence-electron chi connectivity index (χ0n) is 10.7. The molecule has 0 atom stereocenters. The van der Waals surface area contributed by atoms with Gasteiger partial charge in [-0.15, -0.1) is 10.2 Å². The van der Waals surface area contributed by atoms with Crippen LogP contribution in [0.5, 0.6) is 0 Å². The van der Waals surface area contributed by atoms with E-state index in [2.05, 4.69) is 22.4 Å². The quantitative estimate of drug-likeness (QED) is 0.761. The number of hydrogen-bond acceptors (Lipinski definition) is 4. The third kappa shape index (κ3) is 1.90. The largest absolute Gasteiger partial charge is 0.333 e. The summed E-state index contributed by atoms with van der Waals surface area (Å²) in [5, 5.41) is 11.3. The lowest BCUT2D eigenvalue weighted by Crippen LogP contribution is -2.49. The maximum absolute atomic E-state index is 12.6. The van der Waals surface area contributed by atoms with Gasteiger partial charge in [0.25, 0.3) is 0 Å². The van der Waals surface area contributed by atoms with Crippen molar-refractivity contribution in [2.45, 2.75) is 32.9 Å². The summed E-state index contributed by atoms with van der Waals surface area (Å²) in [6.45, 7) is 6.14. The molecule has 1 fully saturated rings. The monoisotopic (exact) mass is 249 g/mol. The zero-order valence-corrected chi connectivity index (χ0v) is 10.7. The molecule has 0 aliphatic carbocycles. The number of nitrogens with one attached hydrogen (secondary N) is 1. The van der Waals surface area contributed by atoms with Crippen molar-refractivity contribution < 1.29 is 4.79 Å². The molecule has 3 heterocycles. The van der Waals surface area contributed by atoms with Gasteiger partial charge in [-0.2, -0.15) is 0 Å². The average Bonchev–Trinajstić information content (AvgIpc) is 2.86. The van der Waals surface area contributed by atoms with Gasteiger partial charge in [0.1, 0.15) is 6.33 Å². The molecule has 18 heavy (non-hydrogen) atoms. The van der Waals surface area contributed by atoms with E-state index in [1.807, 2.05) is 9.47 Å². The van der Waals surface area contributed by atoms with E-state index in [4.69, 9.17) is 0 Å². The first-order valence-corrected chi connectivity index (χ1v) is 6.56. The molecule has 0 unspecified atom stereocenters. The number of hydrogen-bond donors (Lipinski definition) is 1. The summed E-state index contributed by atoms with van der Waals surface area (Å²) in [4.78, 5) is 14.6. The molecule has 3 rings (SSSR count). The normalized spacial score (nSPS) is 22.6. The fraction of sp³-hybridized carbons (Fsp3) is 0.750. The highest BCUT2D eigenvalue weighted by Crippen LogP contribution is 2.31. The number of nitrogens with zero attached hydrogens (tertiary/aromatic N) is 4. The number of amides is 1. The molecule has 0 radical (unpaired) electrons. The first kappa shape index (κ1) is 11.6. The van der Waals surface area contributed by atoms with Gasteiger partial charge < -0.3 is 14.8 Å². The minimum Gasteiger partial charge on any atom is -0.333 e. The molecule has 6 heteroatoms. The lowest BCUT2D eigenvalue weighted by Gasteiger charge is -2.38. The van der Waals surface area contributed by atoms with Crippen LogP contribution < -0.4 is 5.32 Å². The number of fused-ring (bicyclic) bond motifs is 1. The van der Waals surface area contributed by atoms with Crippen LogP contribution in [-0.2, 0) is 17.9 Å². The van der Waals surface area contributed by atoms with Crippen molar-refractivity contribution in [3.05, 3.63) is 12.2 Å². The van der Waals surface area contributed by atoms with Gasteiger partial charge in [-0.3, -0.25) is 4.79 Å². The van der Waals surface area contributed by atoms with Crippen LogP contribution in [0.1, 0.15) is 25.6 Å². The van der Waals surface area contributed by atoms with Gasteiger partial charge in [0.15, 0.2) is 5.82 Å². The van der Waals surface area contributed by atoms with Crippen LogP contribution in [0, 0.1) is 5.41 Å². The predicted octanol–water partition coefficient (Wildman–Crippen LogP) is 0.0100. The Kier molecular flexibility index (Phi) is 2.81. The Morgan fingerprint density at radius 1 is 1.39 bits per heavy atom. The third-order valence-electron chi connectivity index (χ3n) is 4.15. The smallest absolute Gasteiger partial charge is 0.229 e. The third-order valence-corrected chi connectivity index (χ3v) is 4.15. The van der Waals surface area contributed by atoms with E-state index in [0.717, 1.165) is 44.8 Å². The summed E-state index contributed by atoms with van der Waals surface area (Å²) in [7, 11) is 0. The molecule has 0 bridgehead atoms. The second-order valence-corrected chi connectivity index (χ2v) is 5.48. The highest BCUT2D eigenvalue weighted by molar-refractivity contribution is 5.82. The summed E-state index contributed by atoms with van der Waals surface area (Å²) in [5.41, 5.74) is -0.201. The molecule has 1 amide bonds. The van der Waals surface area contributed by atoms with E-state index in [9.17, 15) is 4.79 Å². The first-order chi connectivity index (χ1) is 8.69. The van der Waals surface area contributed by atoms with E-state index in [0.29, 0.717) is 6.54 Å². The Labute approximate surface area is 106 Å². The molecule has 1 saturated heterocycles. The molecule has 2 aliphatic heterocycles. The zero-order chi connectivity index (χ0) is 12.6. The van der Waals surface area contributed by atoms with Crippen LogP contribution in [-0.4, -0.2) is 45.2 Å². The van der Waals surface area contributed by atoms with Crippen LogP contribution in [0.4, 0.5) is 0 Å². The summed E-state index contributed by atoms with van der Waals surface area (Å²) in [6, 6.07) is 0.